The summed E-state index contributed by atoms with van der Waals surface area (Å²) < 4.78 is 17.4. The molecule has 0 aromatic heterocycles. The number of hydrogen-bond donors (Lipinski definition) is 7. The summed E-state index contributed by atoms with van der Waals surface area (Å²) in [6.07, 6.45) is -9.53. The summed E-state index contributed by atoms with van der Waals surface area (Å²) >= 11 is 0. The highest BCUT2D eigenvalue weighted by Gasteiger charge is 2.51. The minimum atomic E-state index is -1.57. The lowest BCUT2D eigenvalue weighted by atomic mass is 9.73. The van der Waals surface area contributed by atoms with Crippen molar-refractivity contribution in [1.82, 2.24) is 0 Å². The average molecular weight is 462 g/mol. The Balaban J connectivity index is 1.41. The Bertz CT molecular complexity index is 660. The number of carbonyl (C=O) groups excluding carboxylic acids is 1. The summed E-state index contributed by atoms with van der Waals surface area (Å²) in [5, 5.41) is 69.8. The van der Waals surface area contributed by atoms with Crippen molar-refractivity contribution in [2.75, 3.05) is 6.61 Å². The standard InChI is InChI=1S/C21H34O11/c22-7-16-18(27)19(28)20(29)21(32-16)30-9-4-12(25)17-13(26)6-14(31-15(17)5-9)8-1-2-10(23)11(24)3-8/h8-12,14-25,27-29H,1-7H2/t8?,9?,10?,11?,12?,14-,15?,16+,17?,18+,19-,20+,21+/m0/s1. The molecule has 11 nitrogen and oxygen atoms in total. The van der Waals surface area contributed by atoms with Gasteiger partial charge in [0.05, 0.1) is 49.1 Å². The monoisotopic (exact) mass is 462 g/mol. The van der Waals surface area contributed by atoms with Crippen molar-refractivity contribution in [3.8, 4) is 0 Å². The fourth-order valence-corrected chi connectivity index (χ4v) is 5.59. The van der Waals surface area contributed by atoms with Crippen molar-refractivity contribution in [3.63, 3.8) is 0 Å². The zero-order chi connectivity index (χ0) is 23.2. The van der Waals surface area contributed by atoms with Crippen molar-refractivity contribution in [2.24, 2.45) is 11.8 Å². The molecule has 0 aromatic carbocycles. The number of aliphatic hydroxyl groups excluding tert-OH is 7. The van der Waals surface area contributed by atoms with Gasteiger partial charge in [0.15, 0.2) is 6.29 Å². The molecule has 2 aliphatic carbocycles. The van der Waals surface area contributed by atoms with E-state index >= 15 is 0 Å². The van der Waals surface area contributed by atoms with Crippen LogP contribution >= 0.6 is 0 Å². The van der Waals surface area contributed by atoms with E-state index < -0.39 is 79.9 Å². The highest BCUT2D eigenvalue weighted by atomic mass is 16.7. The van der Waals surface area contributed by atoms with Crippen LogP contribution in [-0.2, 0) is 19.0 Å². The van der Waals surface area contributed by atoms with Crippen molar-refractivity contribution in [2.45, 2.75) is 106 Å². The molecule has 4 rings (SSSR count). The van der Waals surface area contributed by atoms with Gasteiger partial charge in [0.2, 0.25) is 0 Å². The van der Waals surface area contributed by atoms with Gasteiger partial charge in [-0.05, 0) is 25.2 Å². The van der Waals surface area contributed by atoms with E-state index in [1.54, 1.807) is 0 Å². The van der Waals surface area contributed by atoms with Crippen LogP contribution in [0, 0.1) is 11.8 Å². The molecule has 7 N–H and O–H groups in total. The molecule has 0 radical (unpaired) electrons. The lowest BCUT2D eigenvalue weighted by Crippen LogP contribution is -2.61. The fraction of sp³-hybridized carbons (Fsp3) is 0.952. The molecule has 13 atom stereocenters. The molecule has 32 heavy (non-hydrogen) atoms. The zero-order valence-corrected chi connectivity index (χ0v) is 17.7. The van der Waals surface area contributed by atoms with Crippen LogP contribution in [0.5, 0.6) is 0 Å². The SMILES string of the molecule is O=C1C[C@@H](C2CCC(O)C(O)C2)OC2CC(O[C@@H]3O[C@H](CO)[C@@H](O)[C@H](O)[C@H]3O)CC(O)C12. The summed E-state index contributed by atoms with van der Waals surface area (Å²) in [6, 6.07) is 0. The molecule has 11 heteroatoms. The van der Waals surface area contributed by atoms with E-state index in [9.17, 15) is 40.5 Å². The molecule has 0 spiro atoms. The molecule has 7 unspecified atom stereocenters. The van der Waals surface area contributed by atoms with Crippen LogP contribution in [0.1, 0.15) is 38.5 Å². The van der Waals surface area contributed by atoms with Gasteiger partial charge in [-0.2, -0.15) is 0 Å². The molecule has 0 aromatic rings. The van der Waals surface area contributed by atoms with Crippen LogP contribution in [0.4, 0.5) is 0 Å². The maximum atomic E-state index is 12.8. The highest BCUT2D eigenvalue weighted by molar-refractivity contribution is 5.83. The third-order valence-corrected chi connectivity index (χ3v) is 7.46. The van der Waals surface area contributed by atoms with Crippen LogP contribution in [0.3, 0.4) is 0 Å². The molecular weight excluding hydrogens is 428 g/mol. The van der Waals surface area contributed by atoms with Gasteiger partial charge >= 0.3 is 0 Å². The van der Waals surface area contributed by atoms with Crippen molar-refractivity contribution in [1.29, 1.82) is 0 Å². The molecule has 2 aliphatic heterocycles. The Morgan fingerprint density at radius 2 is 1.56 bits per heavy atom. The first kappa shape index (κ1) is 24.4. The molecule has 184 valence electrons. The molecule has 4 aliphatic rings. The van der Waals surface area contributed by atoms with Gasteiger partial charge in [-0.15, -0.1) is 0 Å². The maximum absolute atomic E-state index is 12.8. The third-order valence-electron chi connectivity index (χ3n) is 7.46. The number of hydrogen-bond acceptors (Lipinski definition) is 11. The Kier molecular flexibility index (Phi) is 7.52. The second-order valence-corrected chi connectivity index (χ2v) is 9.61. The normalized spacial score (nSPS) is 52.5. The Morgan fingerprint density at radius 3 is 2.25 bits per heavy atom. The van der Waals surface area contributed by atoms with Crippen molar-refractivity contribution in [3.05, 3.63) is 0 Å². The van der Waals surface area contributed by atoms with Crippen molar-refractivity contribution >= 4 is 5.78 Å². The second kappa shape index (κ2) is 9.87. The lowest BCUT2D eigenvalue weighted by Gasteiger charge is -2.47. The molecule has 0 amide bonds. The van der Waals surface area contributed by atoms with Crippen LogP contribution in [0.25, 0.3) is 0 Å². The Labute approximate surface area is 185 Å². The number of fused-ring (bicyclic) bond motifs is 1. The van der Waals surface area contributed by atoms with Crippen LogP contribution in [0.2, 0.25) is 0 Å². The predicted molar refractivity (Wildman–Crippen MR) is 105 cm³/mol. The Morgan fingerprint density at radius 1 is 0.812 bits per heavy atom. The van der Waals surface area contributed by atoms with E-state index in [0.717, 1.165) is 0 Å². The highest BCUT2D eigenvalue weighted by Crippen LogP contribution is 2.41. The minimum absolute atomic E-state index is 0.0813. The fourth-order valence-electron chi connectivity index (χ4n) is 5.59. The van der Waals surface area contributed by atoms with Crippen LogP contribution < -0.4 is 0 Å². The van der Waals surface area contributed by atoms with E-state index in [0.29, 0.717) is 19.3 Å². The summed E-state index contributed by atoms with van der Waals surface area (Å²) in [5.41, 5.74) is 0. The molecule has 4 fully saturated rings. The van der Waals surface area contributed by atoms with E-state index in [2.05, 4.69) is 0 Å². The summed E-state index contributed by atoms with van der Waals surface area (Å²) in [7, 11) is 0. The summed E-state index contributed by atoms with van der Waals surface area (Å²) in [5.74, 6) is -0.882. The number of rotatable bonds is 4. The first-order valence-electron chi connectivity index (χ1n) is 11.4. The predicted octanol–water partition coefficient (Wildman–Crippen LogP) is -2.81. The molecule has 2 heterocycles. The van der Waals surface area contributed by atoms with Crippen molar-refractivity contribution < 1.29 is 54.8 Å². The van der Waals surface area contributed by atoms with Gasteiger partial charge in [-0.3, -0.25) is 4.79 Å². The Hall–Kier alpha value is -0.730. The van der Waals surface area contributed by atoms with E-state index in [-0.39, 0.29) is 31.0 Å². The summed E-state index contributed by atoms with van der Waals surface area (Å²) in [6.45, 7) is -0.579. The van der Waals surface area contributed by atoms with Gasteiger partial charge in [-0.1, -0.05) is 0 Å². The second-order valence-electron chi connectivity index (χ2n) is 9.61. The third kappa shape index (κ3) is 4.74. The first-order chi connectivity index (χ1) is 15.2. The summed E-state index contributed by atoms with van der Waals surface area (Å²) in [4.78, 5) is 12.8. The minimum Gasteiger partial charge on any atom is -0.394 e. The van der Waals surface area contributed by atoms with Crippen LogP contribution in [-0.4, -0.2) is 115 Å². The van der Waals surface area contributed by atoms with Crippen LogP contribution in [0.15, 0.2) is 0 Å². The average Bonchev–Trinajstić information content (AvgIpc) is 2.75. The van der Waals surface area contributed by atoms with Gasteiger partial charge in [0, 0.05) is 19.3 Å². The first-order valence-corrected chi connectivity index (χ1v) is 11.4. The largest absolute Gasteiger partial charge is 0.394 e. The quantitative estimate of drug-likeness (QED) is 0.229. The van der Waals surface area contributed by atoms with E-state index in [4.69, 9.17) is 14.2 Å². The number of ether oxygens (including phenoxy) is 3. The number of carbonyl (C=O) groups is 1. The van der Waals surface area contributed by atoms with Gasteiger partial charge in [0.1, 0.15) is 30.2 Å². The lowest BCUT2D eigenvalue weighted by molar-refractivity contribution is -0.318. The molecule has 0 bridgehead atoms. The van der Waals surface area contributed by atoms with E-state index in [1.807, 2.05) is 0 Å². The van der Waals surface area contributed by atoms with E-state index in [1.165, 1.54) is 0 Å². The molecule has 2 saturated carbocycles. The molecule has 2 saturated heterocycles. The molecular formula is C21H34O11. The maximum Gasteiger partial charge on any atom is 0.186 e. The number of aliphatic hydroxyl groups is 7. The van der Waals surface area contributed by atoms with Gasteiger partial charge < -0.3 is 50.0 Å². The topological polar surface area (TPSA) is 186 Å². The van der Waals surface area contributed by atoms with Gasteiger partial charge in [-0.25, -0.2) is 0 Å². The number of ketones is 1. The smallest absolute Gasteiger partial charge is 0.186 e. The zero-order valence-electron chi connectivity index (χ0n) is 17.7. The van der Waals surface area contributed by atoms with Gasteiger partial charge in [0.25, 0.3) is 0 Å². The number of Topliss-reactive ketones (excluding diaryl/α,β-unsaturated/α-hetero) is 1.